The van der Waals surface area contributed by atoms with Gasteiger partial charge >= 0.3 is 0 Å². The Hall–Kier alpha value is -0.320. The first-order valence-electron chi connectivity index (χ1n) is 4.56. The predicted molar refractivity (Wildman–Crippen MR) is 63.4 cm³/mol. The minimum atomic E-state index is 0.468. The molecule has 0 unspecified atom stereocenters. The van der Waals surface area contributed by atoms with Gasteiger partial charge in [-0.05, 0) is 0 Å². The van der Waals surface area contributed by atoms with Gasteiger partial charge in [-0.2, -0.15) is 0 Å². The van der Waals surface area contributed by atoms with Gasteiger partial charge in [-0.15, -0.1) is 0 Å². The molecule has 0 saturated carbocycles. The fourth-order valence-electron chi connectivity index (χ4n) is 0.919. The Balaban J connectivity index is 2.67. The van der Waals surface area contributed by atoms with Crippen LogP contribution in [0.15, 0.2) is 0 Å². The van der Waals surface area contributed by atoms with Crippen LogP contribution in [0.3, 0.4) is 0 Å². The van der Waals surface area contributed by atoms with Gasteiger partial charge in [0.05, 0.1) is 4.88 Å². The Kier molecular flexibility index (Phi) is 4.16. The molecule has 0 aliphatic carbocycles. The second-order valence-corrected chi connectivity index (χ2v) is 5.06. The summed E-state index contributed by atoms with van der Waals surface area (Å²) in [4.78, 5) is 7.33. The number of nitrogens with zero attached hydrogens (tertiary/aromatic N) is 2. The summed E-state index contributed by atoms with van der Waals surface area (Å²) in [6.45, 7) is 5.02. The summed E-state index contributed by atoms with van der Waals surface area (Å²) in [6.07, 6.45) is 0. The van der Waals surface area contributed by atoms with Gasteiger partial charge in [-0.1, -0.05) is 36.8 Å². The molecule has 0 saturated heterocycles. The van der Waals surface area contributed by atoms with Gasteiger partial charge in [0.25, 0.3) is 0 Å². The van der Waals surface area contributed by atoms with Crippen LogP contribution in [0.1, 0.15) is 18.7 Å². The van der Waals surface area contributed by atoms with Gasteiger partial charge in [0.2, 0.25) is 0 Å². The molecular formula is C9H16ClN3S. The second kappa shape index (κ2) is 4.96. The molecule has 0 spiro atoms. The maximum absolute atomic E-state index is 6.01. The second-order valence-electron chi connectivity index (χ2n) is 3.64. The van der Waals surface area contributed by atoms with Crippen LogP contribution in [-0.2, 0) is 6.54 Å². The van der Waals surface area contributed by atoms with E-state index in [0.717, 1.165) is 16.6 Å². The maximum Gasteiger partial charge on any atom is 0.186 e. The van der Waals surface area contributed by atoms with E-state index in [1.54, 1.807) is 11.3 Å². The molecule has 0 amide bonds. The zero-order chi connectivity index (χ0) is 10.7. The summed E-state index contributed by atoms with van der Waals surface area (Å²) in [7, 11) is 3.93. The number of nitrogens with one attached hydrogen (secondary N) is 1. The van der Waals surface area contributed by atoms with E-state index in [-0.39, 0.29) is 0 Å². The molecule has 0 aromatic carbocycles. The monoisotopic (exact) mass is 233 g/mol. The van der Waals surface area contributed by atoms with Crippen molar-refractivity contribution in [2.75, 3.05) is 19.0 Å². The Morgan fingerprint density at radius 3 is 2.57 bits per heavy atom. The molecule has 1 heterocycles. The van der Waals surface area contributed by atoms with Crippen molar-refractivity contribution in [1.29, 1.82) is 0 Å². The van der Waals surface area contributed by atoms with Crippen LogP contribution in [0, 0.1) is 0 Å². The third-order valence-corrected chi connectivity index (χ3v) is 3.34. The molecule has 3 nitrogen and oxygen atoms in total. The molecular weight excluding hydrogens is 218 g/mol. The molecule has 0 fully saturated rings. The van der Waals surface area contributed by atoms with Crippen molar-refractivity contribution in [3.8, 4) is 0 Å². The number of thiazole rings is 1. The molecule has 80 valence electrons. The van der Waals surface area contributed by atoms with Crippen molar-refractivity contribution >= 4 is 28.1 Å². The summed E-state index contributed by atoms with van der Waals surface area (Å²) in [5, 5.41) is 4.89. The van der Waals surface area contributed by atoms with Crippen molar-refractivity contribution in [3.63, 3.8) is 0 Å². The van der Waals surface area contributed by atoms with Crippen LogP contribution in [0.2, 0.25) is 5.15 Å². The highest BCUT2D eigenvalue weighted by Crippen LogP contribution is 2.28. The van der Waals surface area contributed by atoms with Gasteiger partial charge in [0, 0.05) is 26.7 Å². The van der Waals surface area contributed by atoms with Crippen LogP contribution in [0.5, 0.6) is 0 Å². The number of hydrogen-bond donors (Lipinski definition) is 1. The van der Waals surface area contributed by atoms with E-state index < -0.39 is 0 Å². The third-order valence-electron chi connectivity index (χ3n) is 1.69. The number of hydrogen-bond acceptors (Lipinski definition) is 4. The number of halogens is 1. The van der Waals surface area contributed by atoms with Crippen molar-refractivity contribution in [2.45, 2.75) is 26.4 Å². The molecule has 1 rings (SSSR count). The largest absolute Gasteiger partial charge is 0.354 e. The average Bonchev–Trinajstić information content (AvgIpc) is 2.43. The summed E-state index contributed by atoms with van der Waals surface area (Å²) in [5.41, 5.74) is 0. The van der Waals surface area contributed by atoms with Crippen LogP contribution in [0.4, 0.5) is 5.13 Å². The molecule has 5 heteroatoms. The quantitative estimate of drug-likeness (QED) is 0.866. The van der Waals surface area contributed by atoms with Crippen molar-refractivity contribution in [3.05, 3.63) is 10.0 Å². The van der Waals surface area contributed by atoms with E-state index >= 15 is 0 Å². The third kappa shape index (κ3) is 3.12. The highest BCUT2D eigenvalue weighted by atomic mass is 35.5. The lowest BCUT2D eigenvalue weighted by atomic mass is 10.4. The predicted octanol–water partition coefficient (Wildman–Crippen LogP) is 2.36. The van der Waals surface area contributed by atoms with Gasteiger partial charge in [0.15, 0.2) is 5.13 Å². The standard InChI is InChI=1S/C9H16ClN3S/c1-6(2)11-5-7-8(10)12-9(14-7)13(3)4/h6,11H,5H2,1-4H3. The highest BCUT2D eigenvalue weighted by molar-refractivity contribution is 7.16. The van der Waals surface area contributed by atoms with E-state index in [4.69, 9.17) is 11.6 Å². The lowest BCUT2D eigenvalue weighted by Gasteiger charge is -2.06. The van der Waals surface area contributed by atoms with E-state index in [1.165, 1.54) is 0 Å². The summed E-state index contributed by atoms with van der Waals surface area (Å²) >= 11 is 7.64. The molecule has 0 aliphatic rings. The summed E-state index contributed by atoms with van der Waals surface area (Å²) in [6, 6.07) is 0.468. The Morgan fingerprint density at radius 2 is 2.14 bits per heavy atom. The van der Waals surface area contributed by atoms with E-state index in [0.29, 0.717) is 11.2 Å². The lowest BCUT2D eigenvalue weighted by Crippen LogP contribution is -2.21. The Bertz CT molecular complexity index is 296. The van der Waals surface area contributed by atoms with Crippen LogP contribution in [0.25, 0.3) is 0 Å². The minimum Gasteiger partial charge on any atom is -0.354 e. The number of aromatic nitrogens is 1. The molecule has 1 N–H and O–H groups in total. The molecule has 14 heavy (non-hydrogen) atoms. The van der Waals surface area contributed by atoms with Crippen molar-refractivity contribution in [1.82, 2.24) is 10.3 Å². The minimum absolute atomic E-state index is 0.468. The van der Waals surface area contributed by atoms with Gasteiger partial charge in [0.1, 0.15) is 5.15 Å². The van der Waals surface area contributed by atoms with Gasteiger partial charge < -0.3 is 10.2 Å². The van der Waals surface area contributed by atoms with E-state index in [2.05, 4.69) is 24.1 Å². The number of anilines is 1. The van der Waals surface area contributed by atoms with Crippen molar-refractivity contribution < 1.29 is 0 Å². The van der Waals surface area contributed by atoms with E-state index in [9.17, 15) is 0 Å². The molecule has 0 aliphatic heterocycles. The summed E-state index contributed by atoms with van der Waals surface area (Å²) < 4.78 is 0. The molecule has 0 atom stereocenters. The topological polar surface area (TPSA) is 28.2 Å². The van der Waals surface area contributed by atoms with Gasteiger partial charge in [-0.25, -0.2) is 4.98 Å². The molecule has 0 bridgehead atoms. The molecule has 0 radical (unpaired) electrons. The molecule has 1 aromatic heterocycles. The zero-order valence-electron chi connectivity index (χ0n) is 8.97. The maximum atomic E-state index is 6.01. The first kappa shape index (κ1) is 11.8. The van der Waals surface area contributed by atoms with Crippen LogP contribution >= 0.6 is 22.9 Å². The zero-order valence-corrected chi connectivity index (χ0v) is 10.5. The lowest BCUT2D eigenvalue weighted by molar-refractivity contribution is 0.593. The fourth-order valence-corrected chi connectivity index (χ4v) is 2.06. The van der Waals surface area contributed by atoms with E-state index in [1.807, 2.05) is 19.0 Å². The SMILES string of the molecule is CC(C)NCc1sc(N(C)C)nc1Cl. The Labute approximate surface area is 94.1 Å². The smallest absolute Gasteiger partial charge is 0.186 e. The molecule has 1 aromatic rings. The summed E-state index contributed by atoms with van der Waals surface area (Å²) in [5.74, 6) is 0. The van der Waals surface area contributed by atoms with Crippen LogP contribution in [-0.4, -0.2) is 25.1 Å². The number of rotatable bonds is 4. The fraction of sp³-hybridized carbons (Fsp3) is 0.667. The highest BCUT2D eigenvalue weighted by Gasteiger charge is 2.10. The Morgan fingerprint density at radius 1 is 1.50 bits per heavy atom. The first-order chi connectivity index (χ1) is 6.50. The van der Waals surface area contributed by atoms with Gasteiger partial charge in [-0.3, -0.25) is 0 Å². The average molecular weight is 234 g/mol. The first-order valence-corrected chi connectivity index (χ1v) is 5.76. The van der Waals surface area contributed by atoms with Crippen molar-refractivity contribution in [2.24, 2.45) is 0 Å². The van der Waals surface area contributed by atoms with Crippen LogP contribution < -0.4 is 10.2 Å². The normalized spacial score (nSPS) is 11.0.